The number of likely N-dealkylation sites (N-methyl/N-ethyl adjacent to an activating group) is 1. The van der Waals surface area contributed by atoms with Crippen molar-refractivity contribution in [2.45, 2.75) is 19.3 Å². The lowest BCUT2D eigenvalue weighted by Crippen LogP contribution is -2.51. The van der Waals surface area contributed by atoms with Crippen LogP contribution in [-0.4, -0.2) is 87.0 Å². The van der Waals surface area contributed by atoms with Gasteiger partial charge < -0.3 is 24.2 Å². The number of rotatable bonds is 5. The van der Waals surface area contributed by atoms with E-state index in [-0.39, 0.29) is 17.7 Å². The van der Waals surface area contributed by atoms with E-state index in [9.17, 15) is 9.59 Å². The van der Waals surface area contributed by atoms with E-state index in [0.717, 1.165) is 44.6 Å². The van der Waals surface area contributed by atoms with Crippen molar-refractivity contribution in [3.8, 4) is 11.5 Å². The molecule has 1 aromatic rings. The highest BCUT2D eigenvalue weighted by molar-refractivity contribution is 5.81. The summed E-state index contributed by atoms with van der Waals surface area (Å²) in [6.45, 7) is 4.80. The third kappa shape index (κ3) is 4.76. The van der Waals surface area contributed by atoms with Gasteiger partial charge in [0.1, 0.15) is 0 Å². The van der Waals surface area contributed by atoms with Crippen molar-refractivity contribution < 1.29 is 19.1 Å². The molecule has 2 aliphatic heterocycles. The molecule has 1 aromatic carbocycles. The molecule has 0 unspecified atom stereocenters. The first kappa shape index (κ1) is 20.5. The maximum Gasteiger partial charge on any atom is 0.226 e. The van der Waals surface area contributed by atoms with Crippen molar-refractivity contribution in [2.24, 2.45) is 5.92 Å². The van der Waals surface area contributed by atoms with Gasteiger partial charge in [-0.2, -0.15) is 0 Å². The third-order valence-electron chi connectivity index (χ3n) is 5.82. The van der Waals surface area contributed by atoms with Crippen LogP contribution in [0.15, 0.2) is 18.2 Å². The van der Waals surface area contributed by atoms with Gasteiger partial charge in [-0.3, -0.25) is 9.59 Å². The first-order chi connectivity index (χ1) is 13.5. The lowest BCUT2D eigenvalue weighted by molar-refractivity contribution is -0.141. The second-order valence-corrected chi connectivity index (χ2v) is 7.65. The standard InChI is InChI=1S/C21H31N3O4/c1-22-10-12-24(13-11-22)21(26)17-6-8-23(9-7-17)20(25)15-16-4-5-18(27-2)19(14-16)28-3/h4-5,14,17H,6-13,15H2,1-3H3. The van der Waals surface area contributed by atoms with Gasteiger partial charge in [-0.25, -0.2) is 0 Å². The van der Waals surface area contributed by atoms with Crippen molar-refractivity contribution >= 4 is 11.8 Å². The summed E-state index contributed by atoms with van der Waals surface area (Å²) in [5.74, 6) is 1.69. The normalized spacial score (nSPS) is 18.8. The zero-order chi connectivity index (χ0) is 20.1. The molecular weight excluding hydrogens is 358 g/mol. The fourth-order valence-electron chi connectivity index (χ4n) is 3.94. The zero-order valence-electron chi connectivity index (χ0n) is 17.1. The quantitative estimate of drug-likeness (QED) is 0.759. The Bertz CT molecular complexity index is 693. The van der Waals surface area contributed by atoms with E-state index in [1.165, 1.54) is 0 Å². The Morgan fingerprint density at radius 2 is 1.57 bits per heavy atom. The van der Waals surface area contributed by atoms with Crippen LogP contribution >= 0.6 is 0 Å². The number of likely N-dealkylation sites (tertiary alicyclic amines) is 1. The van der Waals surface area contributed by atoms with E-state index >= 15 is 0 Å². The molecule has 0 aromatic heterocycles. The Kier molecular flexibility index (Phi) is 6.78. The average molecular weight is 389 g/mol. The van der Waals surface area contributed by atoms with Crippen LogP contribution in [0.1, 0.15) is 18.4 Å². The second-order valence-electron chi connectivity index (χ2n) is 7.65. The molecule has 0 aliphatic carbocycles. The summed E-state index contributed by atoms with van der Waals surface area (Å²) in [4.78, 5) is 31.5. The highest BCUT2D eigenvalue weighted by Gasteiger charge is 2.31. The summed E-state index contributed by atoms with van der Waals surface area (Å²) in [5, 5.41) is 0. The maximum absolute atomic E-state index is 12.7. The summed E-state index contributed by atoms with van der Waals surface area (Å²) in [6, 6.07) is 5.56. The predicted octanol–water partition coefficient (Wildman–Crippen LogP) is 1.26. The number of piperazine rings is 1. The number of amides is 2. The highest BCUT2D eigenvalue weighted by Crippen LogP contribution is 2.28. The van der Waals surface area contributed by atoms with Gasteiger partial charge in [0.25, 0.3) is 0 Å². The van der Waals surface area contributed by atoms with Crippen LogP contribution in [-0.2, 0) is 16.0 Å². The largest absolute Gasteiger partial charge is 0.493 e. The number of carbonyl (C=O) groups is 2. The van der Waals surface area contributed by atoms with Crippen LogP contribution in [0.2, 0.25) is 0 Å². The van der Waals surface area contributed by atoms with E-state index in [4.69, 9.17) is 9.47 Å². The lowest BCUT2D eigenvalue weighted by Gasteiger charge is -2.37. The Morgan fingerprint density at radius 1 is 0.929 bits per heavy atom. The predicted molar refractivity (Wildman–Crippen MR) is 107 cm³/mol. The van der Waals surface area contributed by atoms with Crippen molar-refractivity contribution in [1.82, 2.24) is 14.7 Å². The number of methoxy groups -OCH3 is 2. The number of nitrogens with zero attached hydrogens (tertiary/aromatic N) is 3. The van der Waals surface area contributed by atoms with Gasteiger partial charge in [0.2, 0.25) is 11.8 Å². The molecule has 0 atom stereocenters. The highest BCUT2D eigenvalue weighted by atomic mass is 16.5. The minimum atomic E-state index is 0.0496. The van der Waals surface area contributed by atoms with Crippen LogP contribution in [0, 0.1) is 5.92 Å². The first-order valence-corrected chi connectivity index (χ1v) is 9.98. The molecule has 2 saturated heterocycles. The fourth-order valence-corrected chi connectivity index (χ4v) is 3.94. The van der Waals surface area contributed by atoms with Gasteiger partial charge in [0, 0.05) is 45.2 Å². The maximum atomic E-state index is 12.7. The molecule has 0 bridgehead atoms. The van der Waals surface area contributed by atoms with Crippen LogP contribution in [0.4, 0.5) is 0 Å². The van der Waals surface area contributed by atoms with E-state index in [0.29, 0.717) is 31.0 Å². The number of carbonyl (C=O) groups excluding carboxylic acids is 2. The molecule has 154 valence electrons. The van der Waals surface area contributed by atoms with E-state index in [2.05, 4.69) is 11.9 Å². The average Bonchev–Trinajstić information content (AvgIpc) is 2.73. The van der Waals surface area contributed by atoms with Crippen LogP contribution in [0.25, 0.3) is 0 Å². The molecule has 7 heteroatoms. The smallest absolute Gasteiger partial charge is 0.226 e. The van der Waals surface area contributed by atoms with Crippen molar-refractivity contribution in [1.29, 1.82) is 0 Å². The summed E-state index contributed by atoms with van der Waals surface area (Å²) >= 11 is 0. The third-order valence-corrected chi connectivity index (χ3v) is 5.82. The van der Waals surface area contributed by atoms with Crippen LogP contribution in [0.3, 0.4) is 0 Å². The minimum absolute atomic E-state index is 0.0496. The SMILES string of the molecule is COc1ccc(CC(=O)N2CCC(C(=O)N3CCN(C)CC3)CC2)cc1OC. The molecule has 28 heavy (non-hydrogen) atoms. The first-order valence-electron chi connectivity index (χ1n) is 9.98. The monoisotopic (exact) mass is 389 g/mol. The lowest BCUT2D eigenvalue weighted by atomic mass is 9.94. The molecule has 0 N–H and O–H groups in total. The summed E-state index contributed by atoms with van der Waals surface area (Å²) < 4.78 is 10.6. The number of hydrogen-bond acceptors (Lipinski definition) is 5. The van der Waals surface area contributed by atoms with Crippen molar-refractivity contribution in [3.63, 3.8) is 0 Å². The molecule has 0 radical (unpaired) electrons. The van der Waals surface area contributed by atoms with Crippen molar-refractivity contribution in [3.05, 3.63) is 23.8 Å². The summed E-state index contributed by atoms with van der Waals surface area (Å²) in [7, 11) is 5.27. The second kappa shape index (κ2) is 9.28. The molecule has 0 saturated carbocycles. The number of hydrogen-bond donors (Lipinski definition) is 0. The Morgan fingerprint density at radius 3 is 2.18 bits per heavy atom. The molecular formula is C21H31N3O4. The number of benzene rings is 1. The Balaban J connectivity index is 1.50. The minimum Gasteiger partial charge on any atom is -0.493 e. The Labute approximate surface area is 167 Å². The molecule has 0 spiro atoms. The summed E-state index contributed by atoms with van der Waals surface area (Å²) in [5.41, 5.74) is 0.901. The van der Waals surface area contributed by atoms with Gasteiger partial charge in [-0.15, -0.1) is 0 Å². The zero-order valence-corrected chi connectivity index (χ0v) is 17.1. The molecule has 3 rings (SSSR count). The fraction of sp³-hybridized carbons (Fsp3) is 0.619. The molecule has 2 aliphatic rings. The number of ether oxygens (including phenoxy) is 2. The van der Waals surface area contributed by atoms with Crippen LogP contribution < -0.4 is 9.47 Å². The van der Waals surface area contributed by atoms with Gasteiger partial charge in [-0.05, 0) is 37.6 Å². The van der Waals surface area contributed by atoms with Gasteiger partial charge in [0.15, 0.2) is 11.5 Å². The van der Waals surface area contributed by atoms with Crippen molar-refractivity contribution in [2.75, 3.05) is 60.5 Å². The van der Waals surface area contributed by atoms with Gasteiger partial charge in [0.05, 0.1) is 20.6 Å². The molecule has 7 nitrogen and oxygen atoms in total. The van der Waals surface area contributed by atoms with Gasteiger partial charge in [-0.1, -0.05) is 6.07 Å². The molecule has 2 heterocycles. The van der Waals surface area contributed by atoms with Crippen LogP contribution in [0.5, 0.6) is 11.5 Å². The molecule has 2 fully saturated rings. The summed E-state index contributed by atoms with van der Waals surface area (Å²) in [6.07, 6.45) is 1.84. The van der Waals surface area contributed by atoms with E-state index < -0.39 is 0 Å². The van der Waals surface area contributed by atoms with E-state index in [1.54, 1.807) is 14.2 Å². The number of piperidine rings is 1. The van der Waals surface area contributed by atoms with E-state index in [1.807, 2.05) is 28.0 Å². The molecule has 2 amide bonds. The Hall–Kier alpha value is -2.28. The van der Waals surface area contributed by atoms with Gasteiger partial charge >= 0.3 is 0 Å². The topological polar surface area (TPSA) is 62.3 Å².